The van der Waals surface area contributed by atoms with Gasteiger partial charge in [0, 0.05) is 25.7 Å². The minimum atomic E-state index is -0.204. The molecule has 2 rings (SSSR count). The van der Waals surface area contributed by atoms with Crippen LogP contribution in [0.5, 0.6) is 0 Å². The summed E-state index contributed by atoms with van der Waals surface area (Å²) in [7, 11) is 0. The van der Waals surface area contributed by atoms with Gasteiger partial charge in [0.25, 0.3) is 0 Å². The van der Waals surface area contributed by atoms with Crippen molar-refractivity contribution in [3.05, 3.63) is 0 Å². The highest BCUT2D eigenvalue weighted by Crippen LogP contribution is 2.41. The monoisotopic (exact) mass is 296 g/mol. The number of halogens is 2. The number of hydrogen-bond acceptors (Lipinski definition) is 2. The number of rotatable bonds is 1. The second kappa shape index (κ2) is 5.02. The van der Waals surface area contributed by atoms with Crippen molar-refractivity contribution in [3.8, 4) is 0 Å². The van der Waals surface area contributed by atoms with Crippen LogP contribution in [-0.4, -0.2) is 40.8 Å². The van der Waals surface area contributed by atoms with Crippen molar-refractivity contribution < 1.29 is 4.79 Å². The van der Waals surface area contributed by atoms with Crippen LogP contribution in [0.3, 0.4) is 0 Å². The molecular weight excluding hydrogens is 279 g/mol. The SMILES string of the molecule is C[C@@H]1CN(C(=O)C2(Br)CCC2)CCN1.Cl. The maximum Gasteiger partial charge on any atom is 0.239 e. The molecule has 88 valence electrons. The number of alkyl halides is 1. The third-order valence-electron chi connectivity index (χ3n) is 3.19. The third kappa shape index (κ3) is 2.66. The van der Waals surface area contributed by atoms with Gasteiger partial charge in [-0.15, -0.1) is 12.4 Å². The summed E-state index contributed by atoms with van der Waals surface area (Å²) in [5.41, 5.74) is 0. The third-order valence-corrected chi connectivity index (χ3v) is 4.32. The van der Waals surface area contributed by atoms with Gasteiger partial charge in [-0.05, 0) is 26.2 Å². The fraction of sp³-hybridized carbons (Fsp3) is 0.900. The molecule has 1 saturated carbocycles. The van der Waals surface area contributed by atoms with Crippen molar-refractivity contribution in [2.24, 2.45) is 0 Å². The van der Waals surface area contributed by atoms with Crippen LogP contribution >= 0.6 is 28.3 Å². The Morgan fingerprint density at radius 3 is 2.67 bits per heavy atom. The first-order valence-electron chi connectivity index (χ1n) is 5.33. The standard InChI is InChI=1S/C10H17BrN2O.ClH/c1-8-7-13(6-5-12-8)9(14)10(11)3-2-4-10;/h8,12H,2-7H2,1H3;1H/t8-;/m1./s1. The number of carbonyl (C=O) groups is 1. The number of piperazine rings is 1. The van der Waals surface area contributed by atoms with Gasteiger partial charge >= 0.3 is 0 Å². The number of nitrogens with zero attached hydrogens (tertiary/aromatic N) is 1. The summed E-state index contributed by atoms with van der Waals surface area (Å²) in [6.45, 7) is 4.76. The zero-order chi connectivity index (χ0) is 10.2. The van der Waals surface area contributed by atoms with Crippen LogP contribution in [0.4, 0.5) is 0 Å². The number of amides is 1. The van der Waals surface area contributed by atoms with Gasteiger partial charge in [0.15, 0.2) is 0 Å². The van der Waals surface area contributed by atoms with Crippen molar-refractivity contribution in [2.75, 3.05) is 19.6 Å². The van der Waals surface area contributed by atoms with Crippen molar-refractivity contribution in [1.29, 1.82) is 0 Å². The Hall–Kier alpha value is 0.200. The van der Waals surface area contributed by atoms with Crippen LogP contribution in [0.2, 0.25) is 0 Å². The molecule has 0 aromatic rings. The molecule has 0 spiro atoms. The molecule has 1 aliphatic carbocycles. The number of nitrogens with one attached hydrogen (secondary N) is 1. The van der Waals surface area contributed by atoms with E-state index in [9.17, 15) is 4.79 Å². The molecule has 1 atom stereocenters. The topological polar surface area (TPSA) is 32.3 Å². The summed E-state index contributed by atoms with van der Waals surface area (Å²) in [6.07, 6.45) is 3.19. The predicted octanol–water partition coefficient (Wildman–Crippen LogP) is 1.55. The fourth-order valence-electron chi connectivity index (χ4n) is 2.10. The van der Waals surface area contributed by atoms with Crippen LogP contribution < -0.4 is 5.32 Å². The molecule has 0 aromatic heterocycles. The molecule has 1 saturated heterocycles. The number of carbonyl (C=O) groups excluding carboxylic acids is 1. The van der Waals surface area contributed by atoms with E-state index in [1.165, 1.54) is 6.42 Å². The van der Waals surface area contributed by atoms with Crippen molar-refractivity contribution in [3.63, 3.8) is 0 Å². The lowest BCUT2D eigenvalue weighted by atomic mass is 9.83. The Morgan fingerprint density at radius 2 is 2.20 bits per heavy atom. The van der Waals surface area contributed by atoms with E-state index in [2.05, 4.69) is 28.2 Å². The van der Waals surface area contributed by atoms with Crippen LogP contribution in [0.1, 0.15) is 26.2 Å². The highest BCUT2D eigenvalue weighted by atomic mass is 79.9. The lowest BCUT2D eigenvalue weighted by Gasteiger charge is -2.41. The van der Waals surface area contributed by atoms with Crippen molar-refractivity contribution >= 4 is 34.2 Å². The zero-order valence-corrected chi connectivity index (χ0v) is 11.4. The maximum absolute atomic E-state index is 12.1. The van der Waals surface area contributed by atoms with Gasteiger partial charge in [-0.25, -0.2) is 0 Å². The molecule has 15 heavy (non-hydrogen) atoms. The molecule has 0 bridgehead atoms. The molecule has 5 heteroatoms. The van der Waals surface area contributed by atoms with E-state index < -0.39 is 0 Å². The summed E-state index contributed by atoms with van der Waals surface area (Å²) < 4.78 is -0.204. The van der Waals surface area contributed by atoms with Crippen LogP contribution in [0.15, 0.2) is 0 Å². The van der Waals surface area contributed by atoms with E-state index in [1.54, 1.807) is 0 Å². The molecule has 0 radical (unpaired) electrons. The Balaban J connectivity index is 0.00000112. The van der Waals surface area contributed by atoms with E-state index in [4.69, 9.17) is 0 Å². The largest absolute Gasteiger partial charge is 0.339 e. The lowest BCUT2D eigenvalue weighted by Crippen LogP contribution is -2.57. The highest BCUT2D eigenvalue weighted by molar-refractivity contribution is 9.10. The van der Waals surface area contributed by atoms with Gasteiger partial charge < -0.3 is 10.2 Å². The lowest BCUT2D eigenvalue weighted by molar-refractivity contribution is -0.136. The van der Waals surface area contributed by atoms with E-state index >= 15 is 0 Å². The van der Waals surface area contributed by atoms with E-state index in [1.807, 2.05) is 4.90 Å². The molecule has 2 fully saturated rings. The van der Waals surface area contributed by atoms with Crippen LogP contribution in [-0.2, 0) is 4.79 Å². The summed E-state index contributed by atoms with van der Waals surface area (Å²) in [6, 6.07) is 0.434. The minimum Gasteiger partial charge on any atom is -0.339 e. The maximum atomic E-state index is 12.1. The van der Waals surface area contributed by atoms with Gasteiger partial charge in [0.1, 0.15) is 4.32 Å². The van der Waals surface area contributed by atoms with Gasteiger partial charge in [0.2, 0.25) is 5.91 Å². The smallest absolute Gasteiger partial charge is 0.239 e. The molecule has 1 amide bonds. The Bertz CT molecular complexity index is 246. The van der Waals surface area contributed by atoms with Crippen LogP contribution in [0, 0.1) is 0 Å². The highest BCUT2D eigenvalue weighted by Gasteiger charge is 2.44. The Kier molecular flexibility index (Phi) is 4.44. The molecular formula is C10H18BrClN2O. The first-order valence-corrected chi connectivity index (χ1v) is 6.13. The predicted molar refractivity (Wildman–Crippen MR) is 66.8 cm³/mol. The molecule has 1 aliphatic heterocycles. The fourth-order valence-corrected chi connectivity index (χ4v) is 2.91. The molecule has 3 nitrogen and oxygen atoms in total. The molecule has 2 aliphatic rings. The van der Waals surface area contributed by atoms with E-state index in [0.717, 1.165) is 32.5 Å². The average molecular weight is 298 g/mol. The molecule has 1 N–H and O–H groups in total. The second-order valence-corrected chi connectivity index (χ2v) is 5.94. The van der Waals surface area contributed by atoms with E-state index in [0.29, 0.717) is 11.9 Å². The van der Waals surface area contributed by atoms with Gasteiger partial charge in [-0.1, -0.05) is 15.9 Å². The molecule has 0 aromatic carbocycles. The van der Waals surface area contributed by atoms with Gasteiger partial charge in [-0.3, -0.25) is 4.79 Å². The molecule has 1 heterocycles. The normalized spacial score (nSPS) is 28.9. The van der Waals surface area contributed by atoms with Gasteiger partial charge in [-0.2, -0.15) is 0 Å². The summed E-state index contributed by atoms with van der Waals surface area (Å²) in [4.78, 5) is 14.1. The van der Waals surface area contributed by atoms with Crippen LogP contribution in [0.25, 0.3) is 0 Å². The van der Waals surface area contributed by atoms with Crippen molar-refractivity contribution in [1.82, 2.24) is 10.2 Å². The number of hydrogen-bond donors (Lipinski definition) is 1. The minimum absolute atomic E-state index is 0. The van der Waals surface area contributed by atoms with Crippen molar-refractivity contribution in [2.45, 2.75) is 36.6 Å². The quantitative estimate of drug-likeness (QED) is 0.745. The average Bonchev–Trinajstić information content (AvgIpc) is 2.13. The van der Waals surface area contributed by atoms with E-state index in [-0.39, 0.29) is 16.7 Å². The molecule has 0 unspecified atom stereocenters. The first-order chi connectivity index (χ1) is 6.62. The Labute approximate surface area is 106 Å². The summed E-state index contributed by atoms with van der Waals surface area (Å²) >= 11 is 3.58. The second-order valence-electron chi connectivity index (χ2n) is 4.43. The zero-order valence-electron chi connectivity index (χ0n) is 8.96. The summed E-state index contributed by atoms with van der Waals surface area (Å²) in [5, 5.41) is 3.35. The Morgan fingerprint density at radius 1 is 1.53 bits per heavy atom. The first kappa shape index (κ1) is 13.3. The summed E-state index contributed by atoms with van der Waals surface area (Å²) in [5.74, 6) is 0.303. The van der Waals surface area contributed by atoms with Gasteiger partial charge in [0.05, 0.1) is 0 Å².